The van der Waals surface area contributed by atoms with E-state index in [1.165, 1.54) is 16.7 Å². The Bertz CT molecular complexity index is 1610. The van der Waals surface area contributed by atoms with Crippen LogP contribution in [0.3, 0.4) is 0 Å². The maximum Gasteiger partial charge on any atom is 0.310 e. The molecule has 0 saturated heterocycles. The van der Waals surface area contributed by atoms with Gasteiger partial charge in [0.05, 0.1) is 24.5 Å². The molecule has 5 rings (SSSR count). The van der Waals surface area contributed by atoms with E-state index >= 15 is 0 Å². The third-order valence-corrected chi connectivity index (χ3v) is 9.87. The molecule has 250 valence electrons. The number of hydrogen-bond donors (Lipinski definition) is 0. The van der Waals surface area contributed by atoms with Crippen LogP contribution in [0.2, 0.25) is 0 Å². The Hall–Kier alpha value is -4.11. The summed E-state index contributed by atoms with van der Waals surface area (Å²) >= 11 is 0. The topological polar surface area (TPSA) is 82.8 Å². The van der Waals surface area contributed by atoms with Gasteiger partial charge in [-0.05, 0) is 74.5 Å². The van der Waals surface area contributed by atoms with E-state index in [4.69, 9.17) is 20.3 Å². The van der Waals surface area contributed by atoms with Crippen LogP contribution in [0.5, 0.6) is 0 Å². The van der Waals surface area contributed by atoms with Gasteiger partial charge < -0.3 is 13.9 Å². The minimum absolute atomic E-state index is 0.00385. The van der Waals surface area contributed by atoms with Crippen molar-refractivity contribution in [2.24, 2.45) is 34.5 Å². The highest BCUT2D eigenvalue weighted by atomic mass is 16.5. The Balaban J connectivity index is 0.000000215. The van der Waals surface area contributed by atoms with Gasteiger partial charge in [-0.15, -0.1) is 12.3 Å². The average Bonchev–Trinajstić information content (AvgIpc) is 3.50. The summed E-state index contributed by atoms with van der Waals surface area (Å²) in [7, 11) is 0. The number of ether oxygens (including phenoxy) is 2. The molecule has 0 radical (unpaired) electrons. The SMILES string of the molecule is C#CCC1=C(C)[C@@H](OC(=O)C2C(C=C(C)C)C2(C)C)CC1=O.CC(C)=CC1C(C(=O)OCc2coc(Cc3ccccc3)c2)C1(C)C. The molecule has 3 aliphatic rings. The van der Waals surface area contributed by atoms with Gasteiger partial charge in [-0.3, -0.25) is 14.4 Å². The van der Waals surface area contributed by atoms with Gasteiger partial charge in [0.1, 0.15) is 18.5 Å². The molecule has 3 aliphatic carbocycles. The van der Waals surface area contributed by atoms with Gasteiger partial charge in [0.25, 0.3) is 0 Å². The first-order valence-electron chi connectivity index (χ1n) is 16.5. The summed E-state index contributed by atoms with van der Waals surface area (Å²) in [5, 5.41) is 0. The van der Waals surface area contributed by atoms with Crippen LogP contribution < -0.4 is 0 Å². The lowest BCUT2D eigenvalue weighted by molar-refractivity contribution is -0.150. The largest absolute Gasteiger partial charge is 0.469 e. The summed E-state index contributed by atoms with van der Waals surface area (Å²) in [5.41, 5.74) is 5.91. The molecule has 4 unspecified atom stereocenters. The summed E-state index contributed by atoms with van der Waals surface area (Å²) in [4.78, 5) is 36.8. The molecule has 6 heteroatoms. The number of carbonyl (C=O) groups excluding carboxylic acids is 3. The van der Waals surface area contributed by atoms with Crippen molar-refractivity contribution in [1.82, 2.24) is 0 Å². The summed E-state index contributed by atoms with van der Waals surface area (Å²) in [5.74, 6) is 3.40. The van der Waals surface area contributed by atoms with Crippen molar-refractivity contribution in [2.45, 2.75) is 94.3 Å². The Kier molecular flexibility index (Phi) is 10.9. The zero-order chi connectivity index (χ0) is 34.7. The highest BCUT2D eigenvalue weighted by Gasteiger charge is 2.62. The molecule has 1 aromatic carbocycles. The van der Waals surface area contributed by atoms with Crippen LogP contribution in [-0.4, -0.2) is 23.8 Å². The number of carbonyl (C=O) groups is 3. The first-order chi connectivity index (χ1) is 22.1. The van der Waals surface area contributed by atoms with Crippen LogP contribution in [0.4, 0.5) is 0 Å². The van der Waals surface area contributed by atoms with Crippen LogP contribution in [0.1, 0.15) is 92.0 Å². The van der Waals surface area contributed by atoms with E-state index in [1.54, 1.807) is 6.26 Å². The summed E-state index contributed by atoms with van der Waals surface area (Å²) < 4.78 is 16.8. The Morgan fingerprint density at radius 1 is 0.936 bits per heavy atom. The average molecular weight is 639 g/mol. The van der Waals surface area contributed by atoms with Gasteiger partial charge in [0.15, 0.2) is 5.78 Å². The number of esters is 2. The predicted molar refractivity (Wildman–Crippen MR) is 184 cm³/mol. The van der Waals surface area contributed by atoms with E-state index in [9.17, 15) is 14.4 Å². The molecule has 5 atom stereocenters. The Morgan fingerprint density at radius 2 is 1.51 bits per heavy atom. The molecular formula is C41H50O6. The predicted octanol–water partition coefficient (Wildman–Crippen LogP) is 8.60. The molecule has 1 heterocycles. The van der Waals surface area contributed by atoms with E-state index in [2.05, 4.69) is 71.7 Å². The molecule has 1 aromatic heterocycles. The smallest absolute Gasteiger partial charge is 0.310 e. The van der Waals surface area contributed by atoms with Gasteiger partial charge >= 0.3 is 11.9 Å². The molecule has 0 aliphatic heterocycles. The lowest BCUT2D eigenvalue weighted by Gasteiger charge is -2.13. The first kappa shape index (κ1) is 35.7. The lowest BCUT2D eigenvalue weighted by atomic mass is 10.1. The quantitative estimate of drug-likeness (QED) is 0.147. The molecule has 0 bridgehead atoms. The standard InChI is InChI=1S/C22H26O3.C19H24O3/c1-15(2)10-19-20(22(19,3)4)21(23)25-14-17-12-18(24-13-17)11-16-8-6-5-7-9-16;1-7-8-13-12(4)16(10-15(13)20)22-18(21)17-14(9-11(2)3)19(17,5)6/h5-10,12-13,19-20H,11,14H2,1-4H3;1,9,14,16-17H,8,10H2,2-6H3/t;14?,16-,17?/m.0/s1. The second kappa shape index (κ2) is 14.3. The normalized spacial score (nSPS) is 24.7. The number of allylic oxidation sites excluding steroid dienone is 5. The third-order valence-electron chi connectivity index (χ3n) is 9.87. The van der Waals surface area contributed by atoms with Crippen LogP contribution >= 0.6 is 0 Å². The van der Waals surface area contributed by atoms with E-state index in [-0.39, 0.29) is 65.3 Å². The van der Waals surface area contributed by atoms with Gasteiger partial charge in [-0.2, -0.15) is 0 Å². The van der Waals surface area contributed by atoms with Crippen LogP contribution in [0.15, 0.2) is 81.5 Å². The fraction of sp³-hybridized carbons (Fsp3) is 0.488. The molecule has 0 amide bonds. The number of furan rings is 1. The second-order valence-electron chi connectivity index (χ2n) is 14.9. The Labute approximate surface area is 280 Å². The second-order valence-corrected chi connectivity index (χ2v) is 14.9. The van der Waals surface area contributed by atoms with Crippen molar-refractivity contribution in [3.8, 4) is 12.3 Å². The number of hydrogen-bond acceptors (Lipinski definition) is 6. The molecule has 0 N–H and O–H groups in total. The number of benzene rings is 1. The summed E-state index contributed by atoms with van der Waals surface area (Å²) in [6.45, 7) is 18.7. The van der Waals surface area contributed by atoms with Crippen LogP contribution in [-0.2, 0) is 36.9 Å². The van der Waals surface area contributed by atoms with E-state index in [0.29, 0.717) is 12.0 Å². The van der Waals surface area contributed by atoms with Gasteiger partial charge in [0, 0.05) is 24.0 Å². The highest BCUT2D eigenvalue weighted by Crippen LogP contribution is 2.60. The van der Waals surface area contributed by atoms with Crippen molar-refractivity contribution in [2.75, 3.05) is 0 Å². The van der Waals surface area contributed by atoms with E-state index in [1.807, 2.05) is 45.0 Å². The zero-order valence-electron chi connectivity index (χ0n) is 29.4. The summed E-state index contributed by atoms with van der Waals surface area (Å²) in [6.07, 6.45) is 12.1. The van der Waals surface area contributed by atoms with Crippen molar-refractivity contribution in [1.29, 1.82) is 0 Å². The molecule has 6 nitrogen and oxygen atoms in total. The molecule has 2 fully saturated rings. The number of Topliss-reactive ketones (excluding diaryl/α,β-unsaturated/α-hetero) is 1. The third kappa shape index (κ3) is 8.44. The van der Waals surface area contributed by atoms with E-state index in [0.717, 1.165) is 23.3 Å². The fourth-order valence-corrected chi connectivity index (χ4v) is 6.77. The monoisotopic (exact) mass is 638 g/mol. The van der Waals surface area contributed by atoms with Crippen molar-refractivity contribution < 1.29 is 28.3 Å². The molecule has 2 saturated carbocycles. The lowest BCUT2D eigenvalue weighted by Crippen LogP contribution is -2.20. The fourth-order valence-electron chi connectivity index (χ4n) is 6.77. The van der Waals surface area contributed by atoms with Crippen molar-refractivity contribution in [3.63, 3.8) is 0 Å². The van der Waals surface area contributed by atoms with E-state index < -0.39 is 6.10 Å². The molecular weight excluding hydrogens is 588 g/mol. The molecule has 47 heavy (non-hydrogen) atoms. The maximum atomic E-state index is 12.5. The minimum atomic E-state index is -0.438. The van der Waals surface area contributed by atoms with Gasteiger partial charge in [-0.1, -0.05) is 81.3 Å². The van der Waals surface area contributed by atoms with Crippen LogP contribution in [0, 0.1) is 46.8 Å². The highest BCUT2D eigenvalue weighted by molar-refractivity contribution is 6.00. The van der Waals surface area contributed by atoms with Gasteiger partial charge in [-0.25, -0.2) is 0 Å². The molecule has 2 aromatic rings. The minimum Gasteiger partial charge on any atom is -0.469 e. The number of terminal acetylenes is 1. The van der Waals surface area contributed by atoms with Gasteiger partial charge in [0.2, 0.25) is 0 Å². The van der Waals surface area contributed by atoms with Crippen LogP contribution in [0.25, 0.3) is 0 Å². The number of ketones is 1. The number of rotatable bonds is 10. The summed E-state index contributed by atoms with van der Waals surface area (Å²) in [6, 6.07) is 12.1. The van der Waals surface area contributed by atoms with Crippen molar-refractivity contribution >= 4 is 17.7 Å². The first-order valence-corrected chi connectivity index (χ1v) is 16.5. The zero-order valence-corrected chi connectivity index (χ0v) is 29.4. The molecule has 0 spiro atoms. The Morgan fingerprint density at radius 3 is 2.06 bits per heavy atom. The maximum absolute atomic E-state index is 12.5. The van der Waals surface area contributed by atoms with Crippen molar-refractivity contribution in [3.05, 3.63) is 94.0 Å².